The maximum absolute atomic E-state index is 13.0. The van der Waals surface area contributed by atoms with Crippen molar-refractivity contribution in [3.05, 3.63) is 35.5 Å². The molecule has 132 valence electrons. The Balaban J connectivity index is 1.74. The molecule has 6 nitrogen and oxygen atoms in total. The van der Waals surface area contributed by atoms with E-state index in [1.165, 1.54) is 5.56 Å². The Morgan fingerprint density at radius 1 is 1.32 bits per heavy atom. The van der Waals surface area contributed by atoms with Crippen LogP contribution in [0, 0.1) is 0 Å². The zero-order valence-corrected chi connectivity index (χ0v) is 14.6. The van der Waals surface area contributed by atoms with E-state index in [-0.39, 0.29) is 17.9 Å². The average Bonchev–Trinajstić information content (AvgIpc) is 2.97. The first-order valence-corrected chi connectivity index (χ1v) is 8.78. The van der Waals surface area contributed by atoms with Crippen LogP contribution in [-0.4, -0.2) is 59.4 Å². The maximum Gasteiger partial charge on any atom is 0.245 e. The van der Waals surface area contributed by atoms with E-state index in [4.69, 9.17) is 4.74 Å². The summed E-state index contributed by atoms with van der Waals surface area (Å²) in [7, 11) is 1.67. The Bertz CT molecular complexity index is 828. The van der Waals surface area contributed by atoms with Crippen LogP contribution in [0.1, 0.15) is 30.6 Å². The monoisotopic (exact) mass is 341 g/mol. The lowest BCUT2D eigenvalue weighted by atomic mass is 9.87. The number of fused-ring (bicyclic) bond motifs is 6. The fourth-order valence-electron chi connectivity index (χ4n) is 4.31. The number of carbonyl (C=O) groups is 2. The highest BCUT2D eigenvalue weighted by Gasteiger charge is 2.47. The van der Waals surface area contributed by atoms with Gasteiger partial charge in [-0.15, -0.1) is 0 Å². The highest BCUT2D eigenvalue weighted by Crippen LogP contribution is 2.40. The van der Waals surface area contributed by atoms with Gasteiger partial charge in [0.2, 0.25) is 11.8 Å². The zero-order chi connectivity index (χ0) is 17.6. The Kier molecular flexibility index (Phi) is 4.00. The number of aromatic nitrogens is 1. The van der Waals surface area contributed by atoms with Crippen LogP contribution in [0.5, 0.6) is 0 Å². The summed E-state index contributed by atoms with van der Waals surface area (Å²) >= 11 is 0. The number of rotatable bonds is 4. The van der Waals surface area contributed by atoms with E-state index in [2.05, 4.69) is 11.1 Å². The molecule has 2 aliphatic rings. The van der Waals surface area contributed by atoms with Crippen molar-refractivity contribution in [2.45, 2.75) is 31.8 Å². The van der Waals surface area contributed by atoms with Gasteiger partial charge in [0.25, 0.3) is 0 Å². The van der Waals surface area contributed by atoms with Crippen molar-refractivity contribution >= 4 is 22.7 Å². The first-order valence-electron chi connectivity index (χ1n) is 8.78. The van der Waals surface area contributed by atoms with Crippen LogP contribution in [0.3, 0.4) is 0 Å². The molecule has 4 rings (SSSR count). The van der Waals surface area contributed by atoms with Crippen LogP contribution in [0.25, 0.3) is 10.9 Å². The number of nitrogens with zero attached hydrogens (tertiary/aromatic N) is 2. The highest BCUT2D eigenvalue weighted by molar-refractivity contribution is 5.93. The van der Waals surface area contributed by atoms with Gasteiger partial charge in [-0.3, -0.25) is 9.59 Å². The lowest BCUT2D eigenvalue weighted by Gasteiger charge is -2.48. The fourth-order valence-corrected chi connectivity index (χ4v) is 4.31. The number of para-hydroxylation sites is 1. The van der Waals surface area contributed by atoms with Crippen molar-refractivity contribution in [1.82, 2.24) is 14.8 Å². The van der Waals surface area contributed by atoms with Gasteiger partial charge in [-0.2, -0.15) is 0 Å². The Morgan fingerprint density at radius 3 is 2.88 bits per heavy atom. The van der Waals surface area contributed by atoms with Crippen LogP contribution >= 0.6 is 0 Å². The average molecular weight is 341 g/mol. The van der Waals surface area contributed by atoms with Crippen LogP contribution < -0.4 is 0 Å². The Labute approximate surface area is 146 Å². The van der Waals surface area contributed by atoms with E-state index < -0.39 is 6.04 Å². The summed E-state index contributed by atoms with van der Waals surface area (Å²) in [5, 5.41) is 1.16. The second-order valence-corrected chi connectivity index (χ2v) is 6.86. The van der Waals surface area contributed by atoms with Gasteiger partial charge in [-0.25, -0.2) is 0 Å². The molecule has 0 saturated carbocycles. The molecule has 0 spiro atoms. The Morgan fingerprint density at radius 2 is 2.12 bits per heavy atom. The second kappa shape index (κ2) is 6.19. The standard InChI is InChI=1S/C19H23N3O3/c1-12(23)22-16-10-14-13-6-3-4-7-15(13)20-18(14)17(22)11-21(19(16)24)8-5-9-25-2/h3-4,6-7,16-17,20H,5,8-11H2,1-2H3/t16?,17-/m1/s1. The molecular formula is C19H23N3O3. The fraction of sp³-hybridized carbons (Fsp3) is 0.474. The molecule has 3 heterocycles. The Hall–Kier alpha value is -2.34. The number of benzene rings is 1. The number of piperazine rings is 1. The predicted molar refractivity (Wildman–Crippen MR) is 94.1 cm³/mol. The summed E-state index contributed by atoms with van der Waals surface area (Å²) in [6, 6.07) is 7.66. The second-order valence-electron chi connectivity index (χ2n) is 6.86. The summed E-state index contributed by atoms with van der Waals surface area (Å²) in [5.74, 6) is 0.0164. The topological polar surface area (TPSA) is 65.6 Å². The molecule has 2 bridgehead atoms. The summed E-state index contributed by atoms with van der Waals surface area (Å²) in [5.41, 5.74) is 3.34. The van der Waals surface area contributed by atoms with Gasteiger partial charge in [0.05, 0.1) is 6.04 Å². The largest absolute Gasteiger partial charge is 0.385 e. The van der Waals surface area contributed by atoms with Gasteiger partial charge in [0, 0.05) is 56.7 Å². The van der Waals surface area contributed by atoms with E-state index in [1.54, 1.807) is 18.9 Å². The smallest absolute Gasteiger partial charge is 0.245 e. The molecule has 1 fully saturated rings. The maximum atomic E-state index is 13.0. The number of methoxy groups -OCH3 is 1. The van der Waals surface area contributed by atoms with Gasteiger partial charge in [0.15, 0.2) is 0 Å². The molecule has 25 heavy (non-hydrogen) atoms. The molecule has 2 atom stereocenters. The predicted octanol–water partition coefficient (Wildman–Crippen LogP) is 1.86. The summed E-state index contributed by atoms with van der Waals surface area (Å²) in [6.45, 7) is 3.40. The molecule has 2 amide bonds. The van der Waals surface area contributed by atoms with Gasteiger partial charge in [0.1, 0.15) is 6.04 Å². The number of hydrogen-bond acceptors (Lipinski definition) is 3. The van der Waals surface area contributed by atoms with Crippen LogP contribution in [0.15, 0.2) is 24.3 Å². The SMILES string of the molecule is COCCCN1C[C@@H]2c3[nH]c4ccccc4c3CC(C1=O)N2C(C)=O. The number of ether oxygens (including phenoxy) is 1. The normalized spacial score (nSPS) is 22.4. The van der Waals surface area contributed by atoms with E-state index in [0.29, 0.717) is 26.1 Å². The number of H-pyrrole nitrogens is 1. The first kappa shape index (κ1) is 16.1. The lowest BCUT2D eigenvalue weighted by molar-refractivity contribution is -0.156. The summed E-state index contributed by atoms with van der Waals surface area (Å²) in [6.07, 6.45) is 1.39. The molecule has 6 heteroatoms. The van der Waals surface area contributed by atoms with E-state index in [9.17, 15) is 9.59 Å². The van der Waals surface area contributed by atoms with E-state index in [1.807, 2.05) is 23.1 Å². The van der Waals surface area contributed by atoms with Crippen molar-refractivity contribution in [2.75, 3.05) is 26.8 Å². The van der Waals surface area contributed by atoms with Crippen molar-refractivity contribution in [2.24, 2.45) is 0 Å². The number of nitrogens with one attached hydrogen (secondary N) is 1. The summed E-state index contributed by atoms with van der Waals surface area (Å²) < 4.78 is 5.11. The van der Waals surface area contributed by atoms with Crippen molar-refractivity contribution in [3.63, 3.8) is 0 Å². The molecule has 1 saturated heterocycles. The van der Waals surface area contributed by atoms with Gasteiger partial charge < -0.3 is 19.5 Å². The highest BCUT2D eigenvalue weighted by atomic mass is 16.5. The molecule has 1 aromatic heterocycles. The third-order valence-corrected chi connectivity index (χ3v) is 5.38. The molecule has 0 radical (unpaired) electrons. The molecule has 1 aromatic carbocycles. The van der Waals surface area contributed by atoms with E-state index >= 15 is 0 Å². The van der Waals surface area contributed by atoms with Gasteiger partial charge >= 0.3 is 0 Å². The molecule has 1 unspecified atom stereocenters. The number of carbonyl (C=O) groups excluding carboxylic acids is 2. The first-order chi connectivity index (χ1) is 12.1. The van der Waals surface area contributed by atoms with Crippen molar-refractivity contribution < 1.29 is 14.3 Å². The number of hydrogen-bond donors (Lipinski definition) is 1. The van der Waals surface area contributed by atoms with Crippen LogP contribution in [-0.2, 0) is 20.7 Å². The third-order valence-electron chi connectivity index (χ3n) is 5.38. The quantitative estimate of drug-likeness (QED) is 0.863. The van der Waals surface area contributed by atoms with Crippen LogP contribution in [0.2, 0.25) is 0 Å². The van der Waals surface area contributed by atoms with Crippen molar-refractivity contribution in [1.29, 1.82) is 0 Å². The number of amides is 2. The third kappa shape index (κ3) is 2.52. The van der Waals surface area contributed by atoms with Crippen molar-refractivity contribution in [3.8, 4) is 0 Å². The minimum absolute atomic E-state index is 0.0378. The van der Waals surface area contributed by atoms with Gasteiger partial charge in [-0.05, 0) is 18.1 Å². The molecular weight excluding hydrogens is 318 g/mol. The zero-order valence-electron chi connectivity index (χ0n) is 14.6. The minimum atomic E-state index is -0.398. The molecule has 0 aliphatic carbocycles. The van der Waals surface area contributed by atoms with Gasteiger partial charge in [-0.1, -0.05) is 18.2 Å². The molecule has 1 N–H and O–H groups in total. The molecule has 2 aromatic rings. The summed E-state index contributed by atoms with van der Waals surface area (Å²) in [4.78, 5) is 32.4. The lowest BCUT2D eigenvalue weighted by Crippen LogP contribution is -2.62. The number of aromatic amines is 1. The van der Waals surface area contributed by atoms with E-state index in [0.717, 1.165) is 23.0 Å². The minimum Gasteiger partial charge on any atom is -0.385 e. The van der Waals surface area contributed by atoms with Crippen LogP contribution in [0.4, 0.5) is 0 Å². The molecule has 2 aliphatic heterocycles.